The third-order valence-corrected chi connectivity index (χ3v) is 4.13. The van der Waals surface area contributed by atoms with Crippen molar-refractivity contribution in [2.45, 2.75) is 26.4 Å². The minimum atomic E-state index is -0.152. The summed E-state index contributed by atoms with van der Waals surface area (Å²) in [5.74, 6) is 1.20. The Morgan fingerprint density at radius 1 is 1.26 bits per heavy atom. The van der Waals surface area contributed by atoms with Gasteiger partial charge >= 0.3 is 0 Å². The lowest BCUT2D eigenvalue weighted by Gasteiger charge is -2.17. The molecule has 0 bridgehead atoms. The summed E-state index contributed by atoms with van der Waals surface area (Å²) in [5.41, 5.74) is 1.58. The lowest BCUT2D eigenvalue weighted by Crippen LogP contribution is -2.28. The molecule has 0 spiro atoms. The number of carbonyl (C=O) groups excluding carboxylic acids is 1. The van der Waals surface area contributed by atoms with Gasteiger partial charge < -0.3 is 19.4 Å². The highest BCUT2D eigenvalue weighted by Crippen LogP contribution is 2.30. The zero-order valence-electron chi connectivity index (χ0n) is 13.7. The SMILES string of the molecule is CCn1cc(Br)cc1C(=O)NC(C)c1ccc(OC)c(OC)c1. The predicted molar refractivity (Wildman–Crippen MR) is 93.2 cm³/mol. The summed E-state index contributed by atoms with van der Waals surface area (Å²) >= 11 is 3.41. The Morgan fingerprint density at radius 2 is 1.96 bits per heavy atom. The number of hydrogen-bond acceptors (Lipinski definition) is 3. The second-order valence-corrected chi connectivity index (χ2v) is 6.05. The van der Waals surface area contributed by atoms with Crippen LogP contribution in [0.5, 0.6) is 11.5 Å². The van der Waals surface area contributed by atoms with Crippen molar-refractivity contribution in [3.8, 4) is 11.5 Å². The fraction of sp³-hybridized carbons (Fsp3) is 0.353. The normalized spacial score (nSPS) is 11.9. The number of aromatic nitrogens is 1. The first kappa shape index (κ1) is 17.4. The van der Waals surface area contributed by atoms with Gasteiger partial charge in [-0.2, -0.15) is 0 Å². The number of ether oxygens (including phenoxy) is 2. The van der Waals surface area contributed by atoms with Gasteiger partial charge in [-0.1, -0.05) is 6.07 Å². The zero-order valence-corrected chi connectivity index (χ0v) is 15.3. The summed E-state index contributed by atoms with van der Waals surface area (Å²) < 4.78 is 13.3. The Labute approximate surface area is 144 Å². The molecule has 0 aliphatic rings. The van der Waals surface area contributed by atoms with Gasteiger partial charge in [0.1, 0.15) is 5.69 Å². The number of nitrogens with zero attached hydrogens (tertiary/aromatic N) is 1. The van der Waals surface area contributed by atoms with Crippen LogP contribution in [-0.4, -0.2) is 24.7 Å². The minimum absolute atomic E-state index is 0.111. The maximum atomic E-state index is 12.5. The van der Waals surface area contributed by atoms with Crippen LogP contribution in [0.25, 0.3) is 0 Å². The molecule has 0 saturated heterocycles. The first-order valence-corrected chi connectivity index (χ1v) is 8.17. The average Bonchev–Trinajstić information content (AvgIpc) is 2.95. The van der Waals surface area contributed by atoms with Gasteiger partial charge in [0.05, 0.1) is 20.3 Å². The first-order valence-electron chi connectivity index (χ1n) is 7.38. The Hall–Kier alpha value is -1.95. The van der Waals surface area contributed by atoms with Gasteiger partial charge in [-0.05, 0) is 53.5 Å². The highest BCUT2D eigenvalue weighted by molar-refractivity contribution is 9.10. The van der Waals surface area contributed by atoms with Crippen LogP contribution in [0.15, 0.2) is 34.9 Å². The number of aryl methyl sites for hydroxylation is 1. The molecule has 1 aromatic heterocycles. The average molecular weight is 381 g/mol. The van der Waals surface area contributed by atoms with E-state index in [1.54, 1.807) is 14.2 Å². The van der Waals surface area contributed by atoms with Crippen molar-refractivity contribution < 1.29 is 14.3 Å². The van der Waals surface area contributed by atoms with Crippen LogP contribution < -0.4 is 14.8 Å². The Bertz CT molecular complexity index is 697. The quantitative estimate of drug-likeness (QED) is 0.829. The lowest BCUT2D eigenvalue weighted by atomic mass is 10.1. The molecule has 23 heavy (non-hydrogen) atoms. The number of rotatable bonds is 6. The third-order valence-electron chi connectivity index (χ3n) is 3.69. The first-order chi connectivity index (χ1) is 11.0. The third kappa shape index (κ3) is 3.88. The molecule has 2 rings (SSSR count). The van der Waals surface area contributed by atoms with Crippen molar-refractivity contribution >= 4 is 21.8 Å². The molecule has 0 saturated carbocycles. The zero-order chi connectivity index (χ0) is 17.0. The number of methoxy groups -OCH3 is 2. The topological polar surface area (TPSA) is 52.5 Å². The van der Waals surface area contributed by atoms with E-state index < -0.39 is 0 Å². The van der Waals surface area contributed by atoms with Crippen LogP contribution in [0.3, 0.4) is 0 Å². The maximum absolute atomic E-state index is 12.5. The molecule has 1 amide bonds. The van der Waals surface area contributed by atoms with Gasteiger partial charge in [-0.15, -0.1) is 0 Å². The van der Waals surface area contributed by atoms with Crippen LogP contribution in [-0.2, 0) is 6.54 Å². The lowest BCUT2D eigenvalue weighted by molar-refractivity contribution is 0.0930. The van der Waals surface area contributed by atoms with E-state index in [2.05, 4.69) is 21.2 Å². The Kier molecular flexibility index (Phi) is 5.71. The molecule has 1 heterocycles. The molecule has 1 N–H and O–H groups in total. The van der Waals surface area contributed by atoms with E-state index in [9.17, 15) is 4.79 Å². The monoisotopic (exact) mass is 380 g/mol. The summed E-state index contributed by atoms with van der Waals surface area (Å²) in [6, 6.07) is 7.29. The van der Waals surface area contributed by atoms with Crippen molar-refractivity contribution in [3.63, 3.8) is 0 Å². The van der Waals surface area contributed by atoms with Crippen molar-refractivity contribution in [2.75, 3.05) is 14.2 Å². The minimum Gasteiger partial charge on any atom is -0.493 e. The number of benzene rings is 1. The fourth-order valence-corrected chi connectivity index (χ4v) is 2.87. The summed E-state index contributed by atoms with van der Waals surface area (Å²) in [6.07, 6.45) is 1.90. The molecule has 124 valence electrons. The summed E-state index contributed by atoms with van der Waals surface area (Å²) in [4.78, 5) is 12.5. The van der Waals surface area contributed by atoms with E-state index in [4.69, 9.17) is 9.47 Å². The largest absolute Gasteiger partial charge is 0.493 e. The molecular weight excluding hydrogens is 360 g/mol. The summed E-state index contributed by atoms with van der Waals surface area (Å²) in [6.45, 7) is 4.67. The molecule has 0 aliphatic heterocycles. The Morgan fingerprint density at radius 3 is 2.57 bits per heavy atom. The standard InChI is InChI=1S/C17H21BrN2O3/c1-5-20-10-13(18)9-14(20)17(21)19-11(2)12-6-7-15(22-3)16(8-12)23-4/h6-11H,5H2,1-4H3,(H,19,21). The summed E-state index contributed by atoms with van der Waals surface area (Å²) in [5, 5.41) is 3.01. The van der Waals surface area contributed by atoms with E-state index in [-0.39, 0.29) is 11.9 Å². The fourth-order valence-electron chi connectivity index (χ4n) is 2.40. The highest BCUT2D eigenvalue weighted by atomic mass is 79.9. The molecule has 6 heteroatoms. The van der Waals surface area contributed by atoms with Crippen LogP contribution in [0.2, 0.25) is 0 Å². The van der Waals surface area contributed by atoms with Crippen LogP contribution in [0.4, 0.5) is 0 Å². The van der Waals surface area contributed by atoms with E-state index in [1.807, 2.05) is 48.9 Å². The van der Waals surface area contributed by atoms with Crippen LogP contribution >= 0.6 is 15.9 Å². The second kappa shape index (κ2) is 7.55. The number of halogens is 1. The van der Waals surface area contributed by atoms with Gasteiger partial charge in [0, 0.05) is 17.2 Å². The van der Waals surface area contributed by atoms with Gasteiger partial charge in [0.25, 0.3) is 5.91 Å². The molecule has 5 nitrogen and oxygen atoms in total. The molecule has 2 aromatic rings. The van der Waals surface area contributed by atoms with Crippen molar-refractivity contribution in [1.82, 2.24) is 9.88 Å². The number of nitrogens with one attached hydrogen (secondary N) is 1. The molecule has 0 aliphatic carbocycles. The van der Waals surface area contributed by atoms with Crippen molar-refractivity contribution in [1.29, 1.82) is 0 Å². The molecule has 1 aromatic carbocycles. The smallest absolute Gasteiger partial charge is 0.268 e. The molecule has 0 radical (unpaired) electrons. The molecular formula is C17H21BrN2O3. The second-order valence-electron chi connectivity index (χ2n) is 5.14. The van der Waals surface area contributed by atoms with Crippen LogP contribution in [0.1, 0.15) is 35.9 Å². The van der Waals surface area contributed by atoms with Gasteiger partial charge in [-0.3, -0.25) is 4.79 Å². The van der Waals surface area contributed by atoms with Crippen LogP contribution in [0, 0.1) is 0 Å². The molecule has 1 unspecified atom stereocenters. The van der Waals surface area contributed by atoms with Crippen molar-refractivity contribution in [3.05, 3.63) is 46.2 Å². The van der Waals surface area contributed by atoms with Gasteiger partial charge in [0.2, 0.25) is 0 Å². The molecule has 1 atom stereocenters. The van der Waals surface area contributed by atoms with Gasteiger partial charge in [-0.25, -0.2) is 0 Å². The van der Waals surface area contributed by atoms with E-state index >= 15 is 0 Å². The Balaban J connectivity index is 2.18. The maximum Gasteiger partial charge on any atom is 0.268 e. The summed E-state index contributed by atoms with van der Waals surface area (Å²) in [7, 11) is 3.19. The number of hydrogen-bond donors (Lipinski definition) is 1. The van der Waals surface area contributed by atoms with E-state index in [0.717, 1.165) is 16.6 Å². The predicted octanol–water partition coefficient (Wildman–Crippen LogP) is 3.78. The number of carbonyl (C=O) groups is 1. The highest BCUT2D eigenvalue weighted by Gasteiger charge is 2.17. The number of amides is 1. The van der Waals surface area contributed by atoms with E-state index in [1.165, 1.54) is 0 Å². The van der Waals surface area contributed by atoms with E-state index in [0.29, 0.717) is 17.2 Å². The van der Waals surface area contributed by atoms with Gasteiger partial charge in [0.15, 0.2) is 11.5 Å². The van der Waals surface area contributed by atoms with Crippen molar-refractivity contribution in [2.24, 2.45) is 0 Å². The molecule has 0 fully saturated rings.